The summed E-state index contributed by atoms with van der Waals surface area (Å²) in [6.07, 6.45) is 5.47. The van der Waals surface area contributed by atoms with Gasteiger partial charge in [0, 0.05) is 19.0 Å². The summed E-state index contributed by atoms with van der Waals surface area (Å²) >= 11 is 0. The van der Waals surface area contributed by atoms with Gasteiger partial charge in [-0.25, -0.2) is 0 Å². The molecular weight excluding hydrogens is 356 g/mol. The second kappa shape index (κ2) is 9.43. The molecule has 0 amide bonds. The van der Waals surface area contributed by atoms with Gasteiger partial charge in [-0.2, -0.15) is 5.21 Å². The summed E-state index contributed by atoms with van der Waals surface area (Å²) in [5, 5.41) is 31.3. The highest BCUT2D eigenvalue weighted by Crippen LogP contribution is 2.31. The van der Waals surface area contributed by atoms with E-state index in [2.05, 4.69) is 44.9 Å². The summed E-state index contributed by atoms with van der Waals surface area (Å²) in [6.45, 7) is 3.84. The molecule has 1 aliphatic heterocycles. The van der Waals surface area contributed by atoms with E-state index in [0.717, 1.165) is 37.9 Å². The third-order valence-electron chi connectivity index (χ3n) is 5.71. The molecule has 2 atom stereocenters. The Hall–Kier alpha value is -2.77. The van der Waals surface area contributed by atoms with Crippen LogP contribution in [-0.4, -0.2) is 56.0 Å². The first kappa shape index (κ1) is 20.0. The standard InChI is InChI=1S/C20H28N6O2/c1-2-3-17(20(27)28)18(19-22-24-25-23-19)12-14-4-6-15(7-5-14)16-8-10-26(13-21)11-9-16/h4-7,13,16-18,21H,2-3,8-12H2,1H3,(H,27,28)(H,22,23,24,25)/t17-,18-/m0/s1. The monoisotopic (exact) mass is 384 g/mol. The Morgan fingerprint density at radius 3 is 2.61 bits per heavy atom. The van der Waals surface area contributed by atoms with E-state index in [1.807, 2.05) is 11.8 Å². The maximum Gasteiger partial charge on any atom is 0.307 e. The summed E-state index contributed by atoms with van der Waals surface area (Å²) < 4.78 is 0. The molecule has 1 aromatic heterocycles. The van der Waals surface area contributed by atoms with Crippen molar-refractivity contribution in [1.29, 1.82) is 5.41 Å². The summed E-state index contributed by atoms with van der Waals surface area (Å²) in [5.74, 6) is -0.675. The van der Waals surface area contributed by atoms with Gasteiger partial charge in [0.1, 0.15) is 0 Å². The van der Waals surface area contributed by atoms with Gasteiger partial charge >= 0.3 is 5.97 Å². The Kier molecular flexibility index (Phi) is 6.73. The molecule has 1 aliphatic rings. The van der Waals surface area contributed by atoms with Crippen molar-refractivity contribution in [2.75, 3.05) is 13.1 Å². The normalized spacial score (nSPS) is 17.2. The number of carboxylic acids is 1. The summed E-state index contributed by atoms with van der Waals surface area (Å²) in [6, 6.07) is 8.50. The largest absolute Gasteiger partial charge is 0.481 e. The molecule has 2 aromatic rings. The van der Waals surface area contributed by atoms with E-state index < -0.39 is 11.9 Å². The van der Waals surface area contributed by atoms with Gasteiger partial charge in [0.25, 0.3) is 0 Å². The van der Waals surface area contributed by atoms with Gasteiger partial charge in [0.2, 0.25) is 0 Å². The fourth-order valence-corrected chi connectivity index (χ4v) is 4.09. The number of benzene rings is 1. The lowest BCUT2D eigenvalue weighted by Crippen LogP contribution is -2.31. The first-order chi connectivity index (χ1) is 13.6. The maximum absolute atomic E-state index is 11.8. The van der Waals surface area contributed by atoms with E-state index in [4.69, 9.17) is 5.41 Å². The fraction of sp³-hybridized carbons (Fsp3) is 0.550. The number of piperidine rings is 1. The highest BCUT2D eigenvalue weighted by molar-refractivity contribution is 5.71. The van der Waals surface area contributed by atoms with Gasteiger partial charge < -0.3 is 10.0 Å². The molecule has 0 saturated carbocycles. The SMILES string of the molecule is CCC[C@H](C(=O)O)[C@H](Cc1ccc(C2CCN(C=N)CC2)cc1)c1nn[nH]n1. The molecule has 0 bridgehead atoms. The van der Waals surface area contributed by atoms with Crippen molar-refractivity contribution in [3.05, 3.63) is 41.2 Å². The molecule has 0 spiro atoms. The van der Waals surface area contributed by atoms with E-state index in [1.54, 1.807) is 0 Å². The highest BCUT2D eigenvalue weighted by atomic mass is 16.4. The van der Waals surface area contributed by atoms with E-state index in [1.165, 1.54) is 11.9 Å². The van der Waals surface area contributed by atoms with Gasteiger partial charge in [0.05, 0.1) is 12.3 Å². The second-order valence-corrected chi connectivity index (χ2v) is 7.49. The molecule has 150 valence electrons. The first-order valence-electron chi connectivity index (χ1n) is 9.92. The number of aliphatic carboxylic acids is 1. The Labute approximate surface area is 164 Å². The minimum absolute atomic E-state index is 0.308. The zero-order valence-electron chi connectivity index (χ0n) is 16.2. The first-order valence-corrected chi connectivity index (χ1v) is 9.92. The van der Waals surface area contributed by atoms with Crippen LogP contribution in [-0.2, 0) is 11.2 Å². The van der Waals surface area contributed by atoms with E-state index in [0.29, 0.717) is 24.6 Å². The minimum Gasteiger partial charge on any atom is -0.481 e. The zero-order valence-corrected chi connectivity index (χ0v) is 16.2. The summed E-state index contributed by atoms with van der Waals surface area (Å²) in [7, 11) is 0. The number of nitrogens with zero attached hydrogens (tertiary/aromatic N) is 4. The average Bonchev–Trinajstić information content (AvgIpc) is 3.25. The van der Waals surface area contributed by atoms with Crippen molar-refractivity contribution in [3.8, 4) is 0 Å². The maximum atomic E-state index is 11.8. The van der Waals surface area contributed by atoms with Gasteiger partial charge in [-0.3, -0.25) is 10.2 Å². The number of aromatic nitrogens is 4. The topological polar surface area (TPSA) is 119 Å². The predicted molar refractivity (Wildman–Crippen MR) is 105 cm³/mol. The van der Waals surface area contributed by atoms with Crippen molar-refractivity contribution in [2.24, 2.45) is 5.92 Å². The third kappa shape index (κ3) is 4.74. The van der Waals surface area contributed by atoms with Crippen LogP contribution in [0.5, 0.6) is 0 Å². The molecule has 2 heterocycles. The van der Waals surface area contributed by atoms with Crippen LogP contribution >= 0.6 is 0 Å². The number of carbonyl (C=O) groups is 1. The van der Waals surface area contributed by atoms with Crippen LogP contribution < -0.4 is 0 Å². The van der Waals surface area contributed by atoms with Gasteiger partial charge in [-0.05, 0) is 42.7 Å². The Morgan fingerprint density at radius 2 is 2.07 bits per heavy atom. The molecular formula is C20H28N6O2. The smallest absolute Gasteiger partial charge is 0.307 e. The van der Waals surface area contributed by atoms with E-state index in [-0.39, 0.29) is 5.92 Å². The quantitative estimate of drug-likeness (QED) is 0.452. The zero-order chi connectivity index (χ0) is 19.9. The molecule has 0 unspecified atom stereocenters. The minimum atomic E-state index is -0.814. The second-order valence-electron chi connectivity index (χ2n) is 7.49. The molecule has 28 heavy (non-hydrogen) atoms. The van der Waals surface area contributed by atoms with Crippen LogP contribution in [0.2, 0.25) is 0 Å². The molecule has 0 radical (unpaired) electrons. The lowest BCUT2D eigenvalue weighted by Gasteiger charge is -2.30. The number of H-pyrrole nitrogens is 1. The molecule has 1 aromatic carbocycles. The fourth-order valence-electron chi connectivity index (χ4n) is 4.09. The number of carboxylic acid groups (broad SMARTS) is 1. The summed E-state index contributed by atoms with van der Waals surface area (Å²) in [5.41, 5.74) is 2.39. The third-order valence-corrected chi connectivity index (χ3v) is 5.71. The molecule has 3 rings (SSSR count). The molecule has 3 N–H and O–H groups in total. The van der Waals surface area contributed by atoms with E-state index in [9.17, 15) is 9.90 Å². The van der Waals surface area contributed by atoms with Crippen molar-refractivity contribution < 1.29 is 9.90 Å². The van der Waals surface area contributed by atoms with Crippen molar-refractivity contribution >= 4 is 12.3 Å². The number of hydrogen-bond acceptors (Lipinski definition) is 5. The summed E-state index contributed by atoms with van der Waals surface area (Å²) in [4.78, 5) is 13.9. The molecule has 1 fully saturated rings. The van der Waals surface area contributed by atoms with Crippen molar-refractivity contribution in [1.82, 2.24) is 25.5 Å². The number of likely N-dealkylation sites (tertiary alicyclic amines) is 1. The average molecular weight is 384 g/mol. The number of hydrogen-bond donors (Lipinski definition) is 3. The van der Waals surface area contributed by atoms with Crippen LogP contribution in [0.1, 0.15) is 61.4 Å². The highest BCUT2D eigenvalue weighted by Gasteiger charge is 2.32. The lowest BCUT2D eigenvalue weighted by molar-refractivity contribution is -0.142. The number of tetrazole rings is 1. The van der Waals surface area contributed by atoms with Crippen molar-refractivity contribution in [2.45, 2.75) is 50.9 Å². The number of aromatic amines is 1. The Morgan fingerprint density at radius 1 is 1.36 bits per heavy atom. The van der Waals surface area contributed by atoms with Gasteiger partial charge in [-0.1, -0.05) is 42.8 Å². The van der Waals surface area contributed by atoms with Crippen LogP contribution in [0.4, 0.5) is 0 Å². The van der Waals surface area contributed by atoms with Crippen LogP contribution in [0.25, 0.3) is 0 Å². The number of rotatable bonds is 9. The number of nitrogens with one attached hydrogen (secondary N) is 2. The van der Waals surface area contributed by atoms with E-state index >= 15 is 0 Å². The van der Waals surface area contributed by atoms with Crippen LogP contribution in [0.3, 0.4) is 0 Å². The van der Waals surface area contributed by atoms with Crippen LogP contribution in [0.15, 0.2) is 24.3 Å². The predicted octanol–water partition coefficient (Wildman–Crippen LogP) is 2.81. The van der Waals surface area contributed by atoms with Gasteiger partial charge in [0.15, 0.2) is 5.82 Å². The Bertz CT molecular complexity index is 754. The molecule has 1 saturated heterocycles. The van der Waals surface area contributed by atoms with Crippen molar-refractivity contribution in [3.63, 3.8) is 0 Å². The molecule has 0 aliphatic carbocycles. The van der Waals surface area contributed by atoms with Gasteiger partial charge in [-0.15, -0.1) is 10.2 Å². The molecule has 8 heteroatoms. The molecule has 8 nitrogen and oxygen atoms in total. The van der Waals surface area contributed by atoms with Crippen LogP contribution in [0, 0.1) is 11.3 Å². The Balaban J connectivity index is 1.72. The lowest BCUT2D eigenvalue weighted by atomic mass is 9.82.